The Kier molecular flexibility index (Phi) is 5.77. The Bertz CT molecular complexity index is 714. The van der Waals surface area contributed by atoms with Crippen LogP contribution in [0.15, 0.2) is 34.9 Å². The Hall–Kier alpha value is -1.73. The van der Waals surface area contributed by atoms with E-state index in [-0.39, 0.29) is 17.4 Å². The standard InChI is InChI=1S/C17H22BrFN4O/c1-11(2)8-17(3,10-20)21-16(24)15-14(18)9-23(22-15)13-6-4-12(19)5-7-13/h4-7,9,11H,8,10,20H2,1-3H3,(H,21,24). The number of nitrogens with zero attached hydrogens (tertiary/aromatic N) is 2. The molecule has 1 aromatic carbocycles. The molecule has 7 heteroatoms. The third-order valence-corrected chi connectivity index (χ3v) is 4.28. The van der Waals surface area contributed by atoms with Crippen LogP contribution in [0.3, 0.4) is 0 Å². The zero-order valence-corrected chi connectivity index (χ0v) is 15.6. The average molecular weight is 397 g/mol. The van der Waals surface area contributed by atoms with E-state index in [9.17, 15) is 9.18 Å². The van der Waals surface area contributed by atoms with Crippen molar-refractivity contribution in [3.63, 3.8) is 0 Å². The molecular weight excluding hydrogens is 375 g/mol. The number of aromatic nitrogens is 2. The largest absolute Gasteiger partial charge is 0.344 e. The molecule has 1 unspecified atom stereocenters. The van der Waals surface area contributed by atoms with Crippen LogP contribution in [0.2, 0.25) is 0 Å². The predicted octanol–water partition coefficient (Wildman–Crippen LogP) is 3.27. The van der Waals surface area contributed by atoms with Crippen molar-refractivity contribution in [2.75, 3.05) is 6.54 Å². The van der Waals surface area contributed by atoms with Crippen molar-refractivity contribution in [2.45, 2.75) is 32.7 Å². The molecule has 1 aromatic heterocycles. The molecular formula is C17H22BrFN4O. The molecule has 0 bridgehead atoms. The summed E-state index contributed by atoms with van der Waals surface area (Å²) in [6.07, 6.45) is 2.44. The minimum absolute atomic E-state index is 0.266. The minimum atomic E-state index is -0.496. The number of amides is 1. The van der Waals surface area contributed by atoms with Gasteiger partial charge in [-0.05, 0) is 59.5 Å². The molecule has 130 valence electrons. The molecule has 2 aromatic rings. The van der Waals surface area contributed by atoms with Gasteiger partial charge < -0.3 is 11.1 Å². The van der Waals surface area contributed by atoms with Crippen LogP contribution in [0.5, 0.6) is 0 Å². The Balaban J connectivity index is 2.23. The summed E-state index contributed by atoms with van der Waals surface area (Å²) in [5.41, 5.74) is 6.28. The summed E-state index contributed by atoms with van der Waals surface area (Å²) >= 11 is 3.36. The first-order valence-electron chi connectivity index (χ1n) is 7.78. The fraction of sp³-hybridized carbons (Fsp3) is 0.412. The lowest BCUT2D eigenvalue weighted by Crippen LogP contribution is -2.52. The van der Waals surface area contributed by atoms with Crippen LogP contribution in [0.4, 0.5) is 4.39 Å². The fourth-order valence-corrected chi connectivity index (χ4v) is 3.11. The molecule has 0 spiro atoms. The summed E-state index contributed by atoms with van der Waals surface area (Å²) in [7, 11) is 0. The highest BCUT2D eigenvalue weighted by molar-refractivity contribution is 9.10. The molecule has 0 radical (unpaired) electrons. The third-order valence-electron chi connectivity index (χ3n) is 3.70. The summed E-state index contributed by atoms with van der Waals surface area (Å²) < 4.78 is 15.1. The molecule has 3 N–H and O–H groups in total. The highest BCUT2D eigenvalue weighted by atomic mass is 79.9. The van der Waals surface area contributed by atoms with Crippen molar-refractivity contribution in [1.29, 1.82) is 0 Å². The van der Waals surface area contributed by atoms with Gasteiger partial charge in [-0.3, -0.25) is 4.79 Å². The number of carbonyl (C=O) groups excluding carboxylic acids is 1. The number of carbonyl (C=O) groups is 1. The van der Waals surface area contributed by atoms with Crippen molar-refractivity contribution in [2.24, 2.45) is 11.7 Å². The second-order valence-electron chi connectivity index (χ2n) is 6.56. The Morgan fingerprint density at radius 2 is 2.04 bits per heavy atom. The maximum atomic E-state index is 13.0. The topological polar surface area (TPSA) is 72.9 Å². The lowest BCUT2D eigenvalue weighted by atomic mass is 9.90. The first-order valence-corrected chi connectivity index (χ1v) is 8.57. The number of halogens is 2. The molecule has 1 heterocycles. The van der Waals surface area contributed by atoms with Gasteiger partial charge in [0.05, 0.1) is 15.7 Å². The van der Waals surface area contributed by atoms with Crippen LogP contribution >= 0.6 is 15.9 Å². The SMILES string of the molecule is CC(C)CC(C)(CN)NC(=O)c1nn(-c2ccc(F)cc2)cc1Br. The van der Waals surface area contributed by atoms with Gasteiger partial charge in [-0.15, -0.1) is 0 Å². The van der Waals surface area contributed by atoms with Gasteiger partial charge >= 0.3 is 0 Å². The second-order valence-corrected chi connectivity index (χ2v) is 7.42. The Morgan fingerprint density at radius 1 is 1.42 bits per heavy atom. The summed E-state index contributed by atoms with van der Waals surface area (Å²) in [5, 5.41) is 7.28. The Morgan fingerprint density at radius 3 is 2.58 bits per heavy atom. The van der Waals surface area contributed by atoms with Crippen LogP contribution in [-0.4, -0.2) is 27.8 Å². The van der Waals surface area contributed by atoms with Gasteiger partial charge in [0.2, 0.25) is 0 Å². The number of hydrogen-bond donors (Lipinski definition) is 2. The molecule has 0 fully saturated rings. The molecule has 0 aliphatic heterocycles. The summed E-state index contributed by atoms with van der Waals surface area (Å²) in [5.74, 6) is -0.217. The molecule has 24 heavy (non-hydrogen) atoms. The van der Waals surface area contributed by atoms with E-state index in [0.717, 1.165) is 6.42 Å². The van der Waals surface area contributed by atoms with Crippen LogP contribution in [-0.2, 0) is 0 Å². The smallest absolute Gasteiger partial charge is 0.273 e. The molecule has 0 saturated carbocycles. The Labute approximate surface area is 149 Å². The number of rotatable bonds is 6. The van der Waals surface area contributed by atoms with Crippen molar-refractivity contribution in [3.05, 3.63) is 46.4 Å². The van der Waals surface area contributed by atoms with Crippen molar-refractivity contribution >= 4 is 21.8 Å². The normalized spacial score (nSPS) is 13.8. The zero-order chi connectivity index (χ0) is 17.9. The van der Waals surface area contributed by atoms with Gasteiger partial charge in [-0.25, -0.2) is 9.07 Å². The van der Waals surface area contributed by atoms with Crippen molar-refractivity contribution in [1.82, 2.24) is 15.1 Å². The van der Waals surface area contributed by atoms with Gasteiger partial charge in [0.15, 0.2) is 5.69 Å². The van der Waals surface area contributed by atoms with Crippen molar-refractivity contribution < 1.29 is 9.18 Å². The van der Waals surface area contributed by atoms with E-state index in [2.05, 4.69) is 40.2 Å². The molecule has 1 amide bonds. The van der Waals surface area contributed by atoms with E-state index >= 15 is 0 Å². The monoisotopic (exact) mass is 396 g/mol. The van der Waals surface area contributed by atoms with Crippen LogP contribution in [0, 0.1) is 11.7 Å². The number of nitrogens with two attached hydrogens (primary N) is 1. The van der Waals surface area contributed by atoms with E-state index in [0.29, 0.717) is 22.6 Å². The van der Waals surface area contributed by atoms with E-state index in [1.165, 1.54) is 16.8 Å². The first-order chi connectivity index (χ1) is 11.2. The van der Waals surface area contributed by atoms with E-state index in [1.807, 2.05) is 6.92 Å². The molecule has 1 atom stereocenters. The van der Waals surface area contributed by atoms with Crippen LogP contribution in [0.1, 0.15) is 37.7 Å². The molecule has 0 aliphatic rings. The predicted molar refractivity (Wildman–Crippen MR) is 95.6 cm³/mol. The van der Waals surface area contributed by atoms with E-state index in [1.54, 1.807) is 18.3 Å². The summed E-state index contributed by atoms with van der Waals surface area (Å²) in [6, 6.07) is 5.88. The van der Waals surface area contributed by atoms with Gasteiger partial charge in [0, 0.05) is 12.7 Å². The molecule has 0 aliphatic carbocycles. The second kappa shape index (κ2) is 7.44. The van der Waals surface area contributed by atoms with Gasteiger partial charge in [-0.1, -0.05) is 13.8 Å². The molecule has 5 nitrogen and oxygen atoms in total. The highest BCUT2D eigenvalue weighted by Crippen LogP contribution is 2.21. The van der Waals surface area contributed by atoms with Gasteiger partial charge in [0.25, 0.3) is 5.91 Å². The quantitative estimate of drug-likeness (QED) is 0.786. The lowest BCUT2D eigenvalue weighted by Gasteiger charge is -2.30. The molecule has 0 saturated heterocycles. The van der Waals surface area contributed by atoms with Crippen molar-refractivity contribution in [3.8, 4) is 5.69 Å². The molecule has 2 rings (SSSR count). The third kappa shape index (κ3) is 4.42. The maximum Gasteiger partial charge on any atom is 0.273 e. The number of nitrogens with one attached hydrogen (secondary N) is 1. The van der Waals surface area contributed by atoms with E-state index in [4.69, 9.17) is 5.73 Å². The van der Waals surface area contributed by atoms with Gasteiger partial charge in [0.1, 0.15) is 5.82 Å². The van der Waals surface area contributed by atoms with Crippen LogP contribution < -0.4 is 11.1 Å². The first kappa shape index (κ1) is 18.6. The average Bonchev–Trinajstić information content (AvgIpc) is 2.89. The number of hydrogen-bond acceptors (Lipinski definition) is 3. The zero-order valence-electron chi connectivity index (χ0n) is 14.0. The maximum absolute atomic E-state index is 13.0. The van der Waals surface area contributed by atoms with E-state index < -0.39 is 5.54 Å². The summed E-state index contributed by atoms with van der Waals surface area (Å²) in [6.45, 7) is 6.43. The minimum Gasteiger partial charge on any atom is -0.344 e. The lowest BCUT2D eigenvalue weighted by molar-refractivity contribution is 0.0892. The highest BCUT2D eigenvalue weighted by Gasteiger charge is 2.28. The van der Waals surface area contributed by atoms with Gasteiger partial charge in [-0.2, -0.15) is 5.10 Å². The fourth-order valence-electron chi connectivity index (χ4n) is 2.65. The summed E-state index contributed by atoms with van der Waals surface area (Å²) in [4.78, 5) is 12.6. The number of benzene rings is 1. The van der Waals surface area contributed by atoms with Crippen LogP contribution in [0.25, 0.3) is 5.69 Å².